The minimum absolute atomic E-state index is 0.178. The fourth-order valence-electron chi connectivity index (χ4n) is 2.85. The van der Waals surface area contributed by atoms with Crippen molar-refractivity contribution in [3.63, 3.8) is 0 Å². The quantitative estimate of drug-likeness (QED) is 0.894. The zero-order valence-electron chi connectivity index (χ0n) is 11.6. The van der Waals surface area contributed by atoms with Crippen molar-refractivity contribution >= 4 is 15.9 Å². The van der Waals surface area contributed by atoms with Gasteiger partial charge in [-0.3, -0.25) is 4.90 Å². The molecule has 1 aliphatic heterocycles. The fraction of sp³-hybridized carbons (Fsp3) is 0.571. The Balaban J connectivity index is 2.47. The maximum atomic E-state index is 10.4. The summed E-state index contributed by atoms with van der Waals surface area (Å²) in [5.41, 5.74) is 7.75. The first-order chi connectivity index (χ1) is 8.99. The second kappa shape index (κ2) is 5.69. The van der Waals surface area contributed by atoms with Gasteiger partial charge in [-0.05, 0) is 44.5 Å². The highest BCUT2D eigenvalue weighted by Crippen LogP contribution is 2.46. The van der Waals surface area contributed by atoms with Crippen LogP contribution in [0.25, 0.3) is 0 Å². The molecule has 2 rings (SSSR count). The molecule has 19 heavy (non-hydrogen) atoms. The molecule has 1 aliphatic rings. The second-order valence-corrected chi connectivity index (χ2v) is 6.06. The summed E-state index contributed by atoms with van der Waals surface area (Å²) in [7, 11) is 3.65. The Hall–Kier alpha value is -0.780. The Bertz CT molecular complexity index is 479. The van der Waals surface area contributed by atoms with Crippen molar-refractivity contribution in [1.82, 2.24) is 4.90 Å². The van der Waals surface area contributed by atoms with Crippen LogP contribution >= 0.6 is 15.9 Å². The molecule has 1 aromatic rings. The van der Waals surface area contributed by atoms with Gasteiger partial charge in [0.1, 0.15) is 0 Å². The lowest BCUT2D eigenvalue weighted by Gasteiger charge is -2.24. The standard InChI is InChI=1S/C14H21BrN2O2/c1-8-4-11(19-3)14(18)12(13(8)15)10-5-9(6-16)7-17(10)2/h4,9-10,18H,5-7,16H2,1-3H3. The molecular formula is C14H21BrN2O2. The van der Waals surface area contributed by atoms with E-state index in [1.807, 2.05) is 13.0 Å². The van der Waals surface area contributed by atoms with Crippen LogP contribution in [0.4, 0.5) is 0 Å². The van der Waals surface area contributed by atoms with E-state index < -0.39 is 0 Å². The number of benzene rings is 1. The summed E-state index contributed by atoms with van der Waals surface area (Å²) < 4.78 is 6.21. The number of ether oxygens (including phenoxy) is 1. The number of nitrogens with two attached hydrogens (primary N) is 1. The Morgan fingerprint density at radius 1 is 1.58 bits per heavy atom. The largest absolute Gasteiger partial charge is 0.504 e. The maximum Gasteiger partial charge on any atom is 0.163 e. The SMILES string of the molecule is COc1cc(C)c(Br)c(C2CC(CN)CN2C)c1O. The minimum Gasteiger partial charge on any atom is -0.504 e. The normalized spacial score (nSPS) is 23.8. The van der Waals surface area contributed by atoms with Gasteiger partial charge >= 0.3 is 0 Å². The topological polar surface area (TPSA) is 58.7 Å². The first kappa shape index (κ1) is 14.6. The van der Waals surface area contributed by atoms with E-state index in [2.05, 4.69) is 27.9 Å². The van der Waals surface area contributed by atoms with Crippen LogP contribution in [0.5, 0.6) is 11.5 Å². The molecule has 1 saturated heterocycles. The smallest absolute Gasteiger partial charge is 0.163 e. The van der Waals surface area contributed by atoms with Gasteiger partial charge in [0, 0.05) is 22.6 Å². The number of aryl methyl sites for hydroxylation is 1. The van der Waals surface area contributed by atoms with E-state index in [4.69, 9.17) is 10.5 Å². The van der Waals surface area contributed by atoms with Gasteiger partial charge in [-0.1, -0.05) is 15.9 Å². The molecule has 0 aromatic heterocycles. The van der Waals surface area contributed by atoms with E-state index in [1.165, 1.54) is 0 Å². The number of hydrogen-bond donors (Lipinski definition) is 2. The van der Waals surface area contributed by atoms with E-state index in [9.17, 15) is 5.11 Å². The maximum absolute atomic E-state index is 10.4. The average Bonchev–Trinajstić information content (AvgIpc) is 2.76. The van der Waals surface area contributed by atoms with Crippen molar-refractivity contribution in [2.75, 3.05) is 27.2 Å². The zero-order valence-corrected chi connectivity index (χ0v) is 13.2. The average molecular weight is 329 g/mol. The van der Waals surface area contributed by atoms with Crippen molar-refractivity contribution < 1.29 is 9.84 Å². The fourth-order valence-corrected chi connectivity index (χ4v) is 3.42. The zero-order chi connectivity index (χ0) is 14.2. The van der Waals surface area contributed by atoms with Gasteiger partial charge in [0.15, 0.2) is 11.5 Å². The Labute approximate surface area is 122 Å². The van der Waals surface area contributed by atoms with Gasteiger partial charge in [-0.15, -0.1) is 0 Å². The predicted molar refractivity (Wildman–Crippen MR) is 79.6 cm³/mol. The molecule has 2 atom stereocenters. The summed E-state index contributed by atoms with van der Waals surface area (Å²) in [6, 6.07) is 2.02. The van der Waals surface area contributed by atoms with Gasteiger partial charge in [-0.25, -0.2) is 0 Å². The highest BCUT2D eigenvalue weighted by atomic mass is 79.9. The lowest BCUT2D eigenvalue weighted by molar-refractivity contribution is 0.299. The molecule has 0 radical (unpaired) electrons. The molecule has 0 spiro atoms. The molecule has 0 bridgehead atoms. The van der Waals surface area contributed by atoms with Crippen LogP contribution < -0.4 is 10.5 Å². The number of aromatic hydroxyl groups is 1. The van der Waals surface area contributed by atoms with Crippen LogP contribution in [0.1, 0.15) is 23.6 Å². The van der Waals surface area contributed by atoms with Crippen LogP contribution in [0.2, 0.25) is 0 Å². The monoisotopic (exact) mass is 328 g/mol. The third-order valence-corrected chi connectivity index (χ3v) is 4.99. The number of phenolic OH excluding ortho intramolecular Hbond substituents is 1. The number of rotatable bonds is 3. The van der Waals surface area contributed by atoms with Crippen molar-refractivity contribution in [3.05, 3.63) is 21.7 Å². The van der Waals surface area contributed by atoms with Gasteiger partial charge in [0.25, 0.3) is 0 Å². The second-order valence-electron chi connectivity index (χ2n) is 5.26. The molecule has 1 heterocycles. The van der Waals surface area contributed by atoms with Crippen molar-refractivity contribution in [1.29, 1.82) is 0 Å². The Morgan fingerprint density at radius 3 is 2.79 bits per heavy atom. The van der Waals surface area contributed by atoms with Crippen molar-refractivity contribution in [3.8, 4) is 11.5 Å². The Morgan fingerprint density at radius 2 is 2.26 bits per heavy atom. The molecule has 0 saturated carbocycles. The molecule has 0 aliphatic carbocycles. The molecule has 1 fully saturated rings. The predicted octanol–water partition coefficient (Wildman–Crippen LogP) is 2.42. The van der Waals surface area contributed by atoms with Crippen LogP contribution in [0.15, 0.2) is 10.5 Å². The van der Waals surface area contributed by atoms with E-state index in [0.29, 0.717) is 18.2 Å². The first-order valence-electron chi connectivity index (χ1n) is 6.45. The summed E-state index contributed by atoms with van der Waals surface area (Å²) >= 11 is 3.60. The van der Waals surface area contributed by atoms with Crippen molar-refractivity contribution in [2.24, 2.45) is 11.7 Å². The van der Waals surface area contributed by atoms with E-state index in [0.717, 1.165) is 28.6 Å². The van der Waals surface area contributed by atoms with Gasteiger partial charge in [0.2, 0.25) is 0 Å². The van der Waals surface area contributed by atoms with Gasteiger partial charge < -0.3 is 15.6 Å². The van der Waals surface area contributed by atoms with Crippen LogP contribution in [-0.2, 0) is 0 Å². The molecular weight excluding hydrogens is 308 g/mol. The lowest BCUT2D eigenvalue weighted by Crippen LogP contribution is -2.21. The van der Waals surface area contributed by atoms with E-state index in [-0.39, 0.29) is 11.8 Å². The summed E-state index contributed by atoms with van der Waals surface area (Å²) in [6.07, 6.45) is 0.964. The number of methoxy groups -OCH3 is 1. The molecule has 5 heteroatoms. The van der Waals surface area contributed by atoms with E-state index >= 15 is 0 Å². The highest BCUT2D eigenvalue weighted by Gasteiger charge is 2.34. The Kier molecular flexibility index (Phi) is 4.38. The molecule has 0 amide bonds. The molecule has 4 nitrogen and oxygen atoms in total. The summed E-state index contributed by atoms with van der Waals surface area (Å²) in [4.78, 5) is 2.25. The van der Waals surface area contributed by atoms with Gasteiger partial charge in [-0.2, -0.15) is 0 Å². The molecule has 1 aromatic carbocycles. The van der Waals surface area contributed by atoms with Crippen LogP contribution in [-0.4, -0.2) is 37.3 Å². The number of likely N-dealkylation sites (tertiary alicyclic amines) is 1. The third kappa shape index (κ3) is 2.59. The third-order valence-electron chi connectivity index (χ3n) is 3.94. The summed E-state index contributed by atoms with van der Waals surface area (Å²) in [5.74, 6) is 1.24. The molecule has 3 N–H and O–H groups in total. The number of hydrogen-bond acceptors (Lipinski definition) is 4. The summed E-state index contributed by atoms with van der Waals surface area (Å²) in [6.45, 7) is 3.65. The molecule has 2 unspecified atom stereocenters. The van der Waals surface area contributed by atoms with Gasteiger partial charge in [0.05, 0.1) is 7.11 Å². The number of phenols is 1. The first-order valence-corrected chi connectivity index (χ1v) is 7.25. The number of halogens is 1. The lowest BCUT2D eigenvalue weighted by atomic mass is 9.97. The van der Waals surface area contributed by atoms with Crippen LogP contribution in [0, 0.1) is 12.8 Å². The van der Waals surface area contributed by atoms with E-state index in [1.54, 1.807) is 7.11 Å². The van der Waals surface area contributed by atoms with Crippen LogP contribution in [0.3, 0.4) is 0 Å². The highest BCUT2D eigenvalue weighted by molar-refractivity contribution is 9.10. The summed E-state index contributed by atoms with van der Waals surface area (Å²) in [5, 5.41) is 10.4. The van der Waals surface area contributed by atoms with Crippen molar-refractivity contribution in [2.45, 2.75) is 19.4 Å². The number of nitrogens with zero attached hydrogens (tertiary/aromatic N) is 1. The minimum atomic E-state index is 0.178. The molecule has 106 valence electrons.